The maximum atomic E-state index is 11.4. The van der Waals surface area contributed by atoms with Crippen LogP contribution in [0.1, 0.15) is 12.5 Å². The molecular weight excluding hydrogens is 214 g/mol. The second kappa shape index (κ2) is 5.73. The van der Waals surface area contributed by atoms with Crippen LogP contribution in [-0.2, 0) is 9.53 Å². The van der Waals surface area contributed by atoms with Crippen molar-refractivity contribution < 1.29 is 9.53 Å². The summed E-state index contributed by atoms with van der Waals surface area (Å²) in [4.78, 5) is 11.4. The number of carbonyl (C=O) groups excluding carboxylic acids is 1. The Kier molecular flexibility index (Phi) is 4.59. The molecule has 1 aromatic rings. The summed E-state index contributed by atoms with van der Waals surface area (Å²) in [5, 5.41) is 3.38. The first-order chi connectivity index (χ1) is 7.15. The highest BCUT2D eigenvalue weighted by molar-refractivity contribution is 6.31. The van der Waals surface area contributed by atoms with E-state index in [0.717, 1.165) is 11.3 Å². The van der Waals surface area contributed by atoms with Crippen molar-refractivity contribution in [3.8, 4) is 0 Å². The summed E-state index contributed by atoms with van der Waals surface area (Å²) in [5.74, 6) is -0.165. The van der Waals surface area contributed by atoms with Gasteiger partial charge in [-0.25, -0.2) is 0 Å². The van der Waals surface area contributed by atoms with Gasteiger partial charge in [0.1, 0.15) is 6.61 Å². The van der Waals surface area contributed by atoms with E-state index >= 15 is 0 Å². The van der Waals surface area contributed by atoms with Crippen LogP contribution < -0.4 is 5.32 Å². The van der Waals surface area contributed by atoms with Gasteiger partial charge in [-0.3, -0.25) is 4.79 Å². The fourth-order valence-corrected chi connectivity index (χ4v) is 1.30. The van der Waals surface area contributed by atoms with Crippen LogP contribution in [0, 0.1) is 6.92 Å². The van der Waals surface area contributed by atoms with Crippen molar-refractivity contribution in [2.24, 2.45) is 0 Å². The molecule has 0 saturated carbocycles. The number of carbonyl (C=O) groups is 1. The maximum absolute atomic E-state index is 11.4. The zero-order chi connectivity index (χ0) is 11.3. The Morgan fingerprint density at radius 3 is 2.93 bits per heavy atom. The molecule has 0 spiro atoms. The van der Waals surface area contributed by atoms with E-state index in [2.05, 4.69) is 5.32 Å². The average Bonchev–Trinajstić information content (AvgIpc) is 2.22. The molecule has 3 nitrogen and oxygen atoms in total. The summed E-state index contributed by atoms with van der Waals surface area (Å²) in [7, 11) is 0. The molecule has 1 amide bonds. The number of ether oxygens (including phenoxy) is 1. The minimum Gasteiger partial charge on any atom is -0.372 e. The molecule has 0 radical (unpaired) electrons. The highest BCUT2D eigenvalue weighted by atomic mass is 35.5. The molecule has 4 heteroatoms. The van der Waals surface area contributed by atoms with Crippen molar-refractivity contribution in [2.75, 3.05) is 18.5 Å². The highest BCUT2D eigenvalue weighted by Crippen LogP contribution is 2.22. The van der Waals surface area contributed by atoms with Crippen molar-refractivity contribution in [1.29, 1.82) is 0 Å². The molecule has 0 unspecified atom stereocenters. The van der Waals surface area contributed by atoms with E-state index in [1.54, 1.807) is 12.1 Å². The zero-order valence-corrected chi connectivity index (χ0v) is 9.60. The van der Waals surface area contributed by atoms with Crippen LogP contribution in [0.3, 0.4) is 0 Å². The number of nitrogens with one attached hydrogen (secondary N) is 1. The largest absolute Gasteiger partial charge is 0.372 e. The minimum atomic E-state index is -0.165. The Morgan fingerprint density at radius 1 is 1.53 bits per heavy atom. The Morgan fingerprint density at radius 2 is 2.27 bits per heavy atom. The number of halogens is 1. The van der Waals surface area contributed by atoms with E-state index in [-0.39, 0.29) is 12.5 Å². The molecule has 0 fully saturated rings. The van der Waals surface area contributed by atoms with E-state index < -0.39 is 0 Å². The predicted molar refractivity (Wildman–Crippen MR) is 61.3 cm³/mol. The Labute approximate surface area is 94.4 Å². The number of rotatable bonds is 4. The van der Waals surface area contributed by atoms with Crippen LogP contribution in [-0.4, -0.2) is 19.1 Å². The molecule has 0 aliphatic rings. The molecule has 0 saturated heterocycles. The van der Waals surface area contributed by atoms with Crippen LogP contribution in [0.2, 0.25) is 5.02 Å². The standard InChI is InChI=1S/C11H14ClNO2/c1-3-15-7-11(14)13-10-6-4-5-9(12)8(10)2/h4-6H,3,7H2,1-2H3,(H,13,14). The third-order valence-electron chi connectivity index (χ3n) is 1.98. The number of hydrogen-bond donors (Lipinski definition) is 1. The summed E-state index contributed by atoms with van der Waals surface area (Å²) in [5.41, 5.74) is 1.59. The van der Waals surface area contributed by atoms with Crippen molar-refractivity contribution in [2.45, 2.75) is 13.8 Å². The van der Waals surface area contributed by atoms with E-state index in [1.165, 1.54) is 0 Å². The summed E-state index contributed by atoms with van der Waals surface area (Å²) in [6.07, 6.45) is 0. The molecule has 1 aromatic carbocycles. The van der Waals surface area contributed by atoms with E-state index in [4.69, 9.17) is 16.3 Å². The van der Waals surface area contributed by atoms with Gasteiger partial charge in [-0.05, 0) is 31.5 Å². The molecule has 0 atom stereocenters. The Bertz CT molecular complexity index is 352. The highest BCUT2D eigenvalue weighted by Gasteiger charge is 2.05. The van der Waals surface area contributed by atoms with Crippen molar-refractivity contribution >= 4 is 23.2 Å². The van der Waals surface area contributed by atoms with Gasteiger partial charge in [-0.1, -0.05) is 17.7 Å². The zero-order valence-electron chi connectivity index (χ0n) is 8.84. The molecule has 82 valence electrons. The van der Waals surface area contributed by atoms with Gasteiger partial charge in [-0.2, -0.15) is 0 Å². The van der Waals surface area contributed by atoms with Gasteiger partial charge >= 0.3 is 0 Å². The fraction of sp³-hybridized carbons (Fsp3) is 0.364. The molecule has 0 aliphatic carbocycles. The molecule has 0 heterocycles. The van der Waals surface area contributed by atoms with E-state index in [1.807, 2.05) is 19.9 Å². The number of anilines is 1. The third kappa shape index (κ3) is 3.53. The fourth-order valence-electron chi connectivity index (χ4n) is 1.12. The monoisotopic (exact) mass is 227 g/mol. The van der Waals surface area contributed by atoms with Crippen LogP contribution in [0.15, 0.2) is 18.2 Å². The lowest BCUT2D eigenvalue weighted by atomic mass is 10.2. The van der Waals surface area contributed by atoms with Gasteiger partial charge in [0.05, 0.1) is 0 Å². The smallest absolute Gasteiger partial charge is 0.250 e. The number of amides is 1. The first kappa shape index (κ1) is 12.0. The lowest BCUT2D eigenvalue weighted by Crippen LogP contribution is -2.18. The van der Waals surface area contributed by atoms with Crippen LogP contribution in [0.4, 0.5) is 5.69 Å². The first-order valence-electron chi connectivity index (χ1n) is 4.78. The minimum absolute atomic E-state index is 0.0719. The second-order valence-electron chi connectivity index (χ2n) is 3.10. The van der Waals surface area contributed by atoms with Gasteiger partial charge < -0.3 is 10.1 Å². The van der Waals surface area contributed by atoms with Crippen molar-refractivity contribution in [3.63, 3.8) is 0 Å². The molecule has 1 rings (SSSR count). The quantitative estimate of drug-likeness (QED) is 0.859. The van der Waals surface area contributed by atoms with Gasteiger partial charge in [0.25, 0.3) is 0 Å². The first-order valence-corrected chi connectivity index (χ1v) is 5.15. The van der Waals surface area contributed by atoms with Crippen molar-refractivity contribution in [1.82, 2.24) is 0 Å². The van der Waals surface area contributed by atoms with E-state index in [9.17, 15) is 4.79 Å². The van der Waals surface area contributed by atoms with Crippen molar-refractivity contribution in [3.05, 3.63) is 28.8 Å². The molecule has 0 aliphatic heterocycles. The summed E-state index contributed by atoms with van der Waals surface area (Å²) >= 11 is 5.92. The van der Waals surface area contributed by atoms with Crippen LogP contribution in [0.25, 0.3) is 0 Å². The van der Waals surface area contributed by atoms with Gasteiger partial charge in [0.15, 0.2) is 0 Å². The molecular formula is C11H14ClNO2. The lowest BCUT2D eigenvalue weighted by Gasteiger charge is -2.09. The normalized spacial score (nSPS) is 10.1. The predicted octanol–water partition coefficient (Wildman–Crippen LogP) is 2.62. The topological polar surface area (TPSA) is 38.3 Å². The second-order valence-corrected chi connectivity index (χ2v) is 3.50. The summed E-state index contributed by atoms with van der Waals surface area (Å²) in [6.45, 7) is 4.31. The Balaban J connectivity index is 2.64. The number of benzene rings is 1. The van der Waals surface area contributed by atoms with Crippen LogP contribution in [0.5, 0.6) is 0 Å². The molecule has 15 heavy (non-hydrogen) atoms. The third-order valence-corrected chi connectivity index (χ3v) is 2.39. The molecule has 0 aromatic heterocycles. The van der Waals surface area contributed by atoms with Crippen LogP contribution >= 0.6 is 11.6 Å². The molecule has 1 N–H and O–H groups in total. The van der Waals surface area contributed by atoms with Gasteiger partial charge in [0.2, 0.25) is 5.91 Å². The van der Waals surface area contributed by atoms with E-state index in [0.29, 0.717) is 11.6 Å². The molecule has 0 bridgehead atoms. The summed E-state index contributed by atoms with van der Waals surface area (Å²) in [6, 6.07) is 5.39. The Hall–Kier alpha value is -1.06. The summed E-state index contributed by atoms with van der Waals surface area (Å²) < 4.78 is 4.99. The SMILES string of the molecule is CCOCC(=O)Nc1cccc(Cl)c1C. The average molecular weight is 228 g/mol. The van der Waals surface area contributed by atoms with Gasteiger partial charge in [0, 0.05) is 17.3 Å². The van der Waals surface area contributed by atoms with Gasteiger partial charge in [-0.15, -0.1) is 0 Å². The maximum Gasteiger partial charge on any atom is 0.250 e. The lowest BCUT2D eigenvalue weighted by molar-refractivity contribution is -0.120. The number of hydrogen-bond acceptors (Lipinski definition) is 2.